The highest BCUT2D eigenvalue weighted by Gasteiger charge is 2.38. The van der Waals surface area contributed by atoms with Crippen molar-refractivity contribution >= 4 is 11.6 Å². The summed E-state index contributed by atoms with van der Waals surface area (Å²) in [6.07, 6.45) is 5.13. The van der Waals surface area contributed by atoms with Gasteiger partial charge >= 0.3 is 6.18 Å². The summed E-state index contributed by atoms with van der Waals surface area (Å²) in [6.45, 7) is 7.75. The Kier molecular flexibility index (Phi) is 6.98. The van der Waals surface area contributed by atoms with E-state index in [4.69, 9.17) is 0 Å². The zero-order valence-corrected chi connectivity index (χ0v) is 21.8. The summed E-state index contributed by atoms with van der Waals surface area (Å²) in [5.74, 6) is 0.206. The molecule has 0 aliphatic carbocycles. The van der Waals surface area contributed by atoms with Gasteiger partial charge < -0.3 is 4.90 Å². The second-order valence-electron chi connectivity index (χ2n) is 10.4. The van der Waals surface area contributed by atoms with Gasteiger partial charge in [0.05, 0.1) is 23.1 Å². The number of hydrogen-bond donors (Lipinski definition) is 0. The Balaban J connectivity index is 1.45. The number of halogens is 3. The lowest BCUT2D eigenvalue weighted by Gasteiger charge is -2.27. The number of aryl methyl sites for hydroxylation is 1. The van der Waals surface area contributed by atoms with Crippen LogP contribution in [0, 0.1) is 12.8 Å². The number of carbonyl (C=O) groups is 1. The SMILES string of the molecule is Cc1cc(Cc2nccn3c(-c4cn(CC(C)C)nc4C(F)(F)F)cnc23)ccc1C(=O)N1CCCCC1. The van der Waals surface area contributed by atoms with Crippen LogP contribution in [-0.2, 0) is 19.1 Å². The predicted octanol–water partition coefficient (Wildman–Crippen LogP) is 5.79. The number of rotatable bonds is 6. The number of nitrogens with zero attached hydrogens (tertiary/aromatic N) is 6. The first-order chi connectivity index (χ1) is 18.1. The Labute approximate surface area is 219 Å². The van der Waals surface area contributed by atoms with Gasteiger partial charge in [0.1, 0.15) is 0 Å². The largest absolute Gasteiger partial charge is 0.435 e. The van der Waals surface area contributed by atoms with Crippen molar-refractivity contribution in [2.45, 2.75) is 59.2 Å². The minimum Gasteiger partial charge on any atom is -0.339 e. The van der Waals surface area contributed by atoms with E-state index >= 15 is 0 Å². The first-order valence-corrected chi connectivity index (χ1v) is 13.0. The molecule has 0 N–H and O–H groups in total. The van der Waals surface area contributed by atoms with Crippen LogP contribution in [0.1, 0.15) is 66.0 Å². The second kappa shape index (κ2) is 10.2. The fraction of sp³-hybridized carbons (Fsp3) is 0.429. The van der Waals surface area contributed by atoms with Crippen LogP contribution in [0.5, 0.6) is 0 Å². The Morgan fingerprint density at radius 3 is 2.55 bits per heavy atom. The van der Waals surface area contributed by atoms with Crippen LogP contribution in [0.25, 0.3) is 16.9 Å². The van der Waals surface area contributed by atoms with E-state index in [1.54, 1.807) is 16.8 Å². The van der Waals surface area contributed by atoms with E-state index in [0.29, 0.717) is 35.6 Å². The zero-order chi connectivity index (χ0) is 27.0. The molecule has 0 radical (unpaired) electrons. The first-order valence-electron chi connectivity index (χ1n) is 13.0. The molecule has 1 aromatic carbocycles. The highest BCUT2D eigenvalue weighted by atomic mass is 19.4. The maximum Gasteiger partial charge on any atom is 0.435 e. The van der Waals surface area contributed by atoms with Gasteiger partial charge in [-0.05, 0) is 49.3 Å². The van der Waals surface area contributed by atoms with E-state index in [0.717, 1.165) is 43.5 Å². The van der Waals surface area contributed by atoms with Crippen molar-refractivity contribution in [2.75, 3.05) is 13.1 Å². The van der Waals surface area contributed by atoms with Crippen molar-refractivity contribution in [3.63, 3.8) is 0 Å². The van der Waals surface area contributed by atoms with Crippen LogP contribution in [-0.4, -0.2) is 48.0 Å². The molecule has 0 atom stereocenters. The molecule has 0 unspecified atom stereocenters. The molecule has 1 amide bonds. The fourth-order valence-corrected chi connectivity index (χ4v) is 5.12. The van der Waals surface area contributed by atoms with E-state index in [2.05, 4.69) is 15.1 Å². The Hall–Kier alpha value is -3.69. The maximum absolute atomic E-state index is 13.9. The molecule has 0 bridgehead atoms. The van der Waals surface area contributed by atoms with Crippen molar-refractivity contribution in [1.82, 2.24) is 29.0 Å². The Morgan fingerprint density at radius 2 is 1.87 bits per heavy atom. The van der Waals surface area contributed by atoms with Crippen LogP contribution in [0.3, 0.4) is 0 Å². The summed E-state index contributed by atoms with van der Waals surface area (Å²) in [5.41, 5.74) is 3.02. The van der Waals surface area contributed by atoms with Gasteiger partial charge in [0.15, 0.2) is 11.3 Å². The number of imidazole rings is 1. The minimum atomic E-state index is -4.59. The van der Waals surface area contributed by atoms with Gasteiger partial charge in [0.25, 0.3) is 5.91 Å². The van der Waals surface area contributed by atoms with Crippen molar-refractivity contribution in [1.29, 1.82) is 0 Å². The number of hydrogen-bond acceptors (Lipinski definition) is 4. The molecule has 7 nitrogen and oxygen atoms in total. The number of aromatic nitrogens is 5. The van der Waals surface area contributed by atoms with Crippen molar-refractivity contribution in [3.8, 4) is 11.3 Å². The molecule has 3 aromatic heterocycles. The lowest BCUT2D eigenvalue weighted by atomic mass is 10.0. The highest BCUT2D eigenvalue weighted by molar-refractivity contribution is 5.95. The first kappa shape index (κ1) is 25.9. The predicted molar refractivity (Wildman–Crippen MR) is 138 cm³/mol. The normalized spacial score (nSPS) is 14.6. The average molecular weight is 525 g/mol. The van der Waals surface area contributed by atoms with Crippen LogP contribution in [0.4, 0.5) is 13.2 Å². The second-order valence-corrected chi connectivity index (χ2v) is 10.4. The summed E-state index contributed by atoms with van der Waals surface area (Å²) in [5, 5.41) is 3.84. The number of carbonyl (C=O) groups excluding carboxylic acids is 1. The molecule has 10 heteroatoms. The Bertz CT molecular complexity index is 1460. The molecular formula is C28H31F3N6O. The standard InChI is InChI=1S/C28H31F3N6O/c1-18(2)16-36-17-22(25(34-36)28(29,30)31)24-15-33-26-23(32-9-12-37(24)26)14-20-7-8-21(19(3)13-20)27(38)35-10-5-4-6-11-35/h7-9,12-13,15,17-18H,4-6,10-11,14,16H2,1-3H3. The summed E-state index contributed by atoms with van der Waals surface area (Å²) in [6, 6.07) is 5.75. The molecule has 1 aliphatic rings. The molecule has 0 saturated carbocycles. The molecule has 38 heavy (non-hydrogen) atoms. The number of fused-ring (bicyclic) bond motifs is 1. The summed E-state index contributed by atoms with van der Waals surface area (Å²) in [7, 11) is 0. The van der Waals surface area contributed by atoms with Gasteiger partial charge in [0.2, 0.25) is 0 Å². The molecule has 1 saturated heterocycles. The third-order valence-electron chi connectivity index (χ3n) is 6.90. The number of amides is 1. The third-order valence-corrected chi connectivity index (χ3v) is 6.90. The van der Waals surface area contributed by atoms with Crippen molar-refractivity contribution < 1.29 is 18.0 Å². The van der Waals surface area contributed by atoms with E-state index in [9.17, 15) is 18.0 Å². The van der Waals surface area contributed by atoms with E-state index in [1.807, 2.05) is 43.9 Å². The molecule has 1 aliphatic heterocycles. The summed E-state index contributed by atoms with van der Waals surface area (Å²) >= 11 is 0. The molecule has 1 fully saturated rings. The van der Waals surface area contributed by atoms with Gasteiger partial charge in [-0.25, -0.2) is 4.98 Å². The lowest BCUT2D eigenvalue weighted by molar-refractivity contribution is -0.141. The highest BCUT2D eigenvalue weighted by Crippen LogP contribution is 2.36. The van der Waals surface area contributed by atoms with Gasteiger partial charge in [-0.3, -0.25) is 18.9 Å². The van der Waals surface area contributed by atoms with Crippen LogP contribution < -0.4 is 0 Å². The van der Waals surface area contributed by atoms with Crippen LogP contribution in [0.15, 0.2) is 43.0 Å². The molecule has 4 aromatic rings. The average Bonchev–Trinajstić information content (AvgIpc) is 3.49. The van der Waals surface area contributed by atoms with E-state index in [-0.39, 0.29) is 17.4 Å². The molecule has 200 valence electrons. The van der Waals surface area contributed by atoms with E-state index < -0.39 is 11.9 Å². The summed E-state index contributed by atoms with van der Waals surface area (Å²) in [4.78, 5) is 23.8. The molecular weight excluding hydrogens is 493 g/mol. The topological polar surface area (TPSA) is 68.3 Å². The number of likely N-dealkylation sites (tertiary alicyclic amines) is 1. The van der Waals surface area contributed by atoms with Gasteiger partial charge in [-0.2, -0.15) is 18.3 Å². The quantitative estimate of drug-likeness (QED) is 0.320. The lowest BCUT2D eigenvalue weighted by Crippen LogP contribution is -2.35. The Morgan fingerprint density at radius 1 is 1.11 bits per heavy atom. The fourth-order valence-electron chi connectivity index (χ4n) is 5.12. The number of piperidine rings is 1. The minimum absolute atomic E-state index is 0.0146. The smallest absolute Gasteiger partial charge is 0.339 e. The van der Waals surface area contributed by atoms with Crippen LogP contribution in [0.2, 0.25) is 0 Å². The third kappa shape index (κ3) is 5.16. The van der Waals surface area contributed by atoms with Gasteiger partial charge in [0, 0.05) is 50.2 Å². The van der Waals surface area contributed by atoms with Crippen LogP contribution >= 0.6 is 0 Å². The zero-order valence-electron chi connectivity index (χ0n) is 21.8. The van der Waals surface area contributed by atoms with Crippen molar-refractivity contribution in [3.05, 3.63) is 71.1 Å². The van der Waals surface area contributed by atoms with Gasteiger partial charge in [-0.1, -0.05) is 26.0 Å². The molecule has 0 spiro atoms. The maximum atomic E-state index is 13.9. The van der Waals surface area contributed by atoms with E-state index in [1.165, 1.54) is 17.1 Å². The van der Waals surface area contributed by atoms with Crippen molar-refractivity contribution in [2.24, 2.45) is 5.92 Å². The molecule has 5 rings (SSSR count). The monoisotopic (exact) mass is 524 g/mol. The number of benzene rings is 1. The number of alkyl halides is 3. The molecule has 4 heterocycles. The van der Waals surface area contributed by atoms with Gasteiger partial charge in [-0.15, -0.1) is 0 Å². The summed E-state index contributed by atoms with van der Waals surface area (Å²) < 4.78 is 44.6.